The summed E-state index contributed by atoms with van der Waals surface area (Å²) in [5, 5.41) is 8.45. The summed E-state index contributed by atoms with van der Waals surface area (Å²) in [4.78, 5) is 10.3. The predicted octanol–water partition coefficient (Wildman–Crippen LogP) is 0.312. The van der Waals surface area contributed by atoms with Crippen LogP contribution in [-0.4, -0.2) is 11.1 Å². The molecule has 0 amide bonds. The van der Waals surface area contributed by atoms with Crippen LogP contribution < -0.4 is 4.57 Å². The van der Waals surface area contributed by atoms with Crippen LogP contribution in [0.1, 0.15) is 10.4 Å². The molecule has 51 valence electrons. The van der Waals surface area contributed by atoms with E-state index >= 15 is 0 Å². The molecule has 0 aliphatic heterocycles. The first-order chi connectivity index (χ1) is 4.70. The third kappa shape index (κ3) is 1.31. The molecular weight excluding hydrogens is 130 g/mol. The van der Waals surface area contributed by atoms with Crippen LogP contribution in [0.4, 0.5) is 0 Å². The van der Waals surface area contributed by atoms with Crippen molar-refractivity contribution >= 4 is 5.97 Å². The summed E-state index contributed by atoms with van der Waals surface area (Å²) in [6.45, 7) is 0. The molecule has 0 fully saturated rings. The van der Waals surface area contributed by atoms with Gasteiger partial charge in [-0.2, -0.15) is 4.57 Å². The number of aromatic carboxylic acids is 1. The summed E-state index contributed by atoms with van der Waals surface area (Å²) in [6.07, 6.45) is 3.17. The first-order valence-electron chi connectivity index (χ1n) is 2.75. The first-order valence-corrected chi connectivity index (χ1v) is 2.75. The van der Waals surface area contributed by atoms with Gasteiger partial charge in [-0.25, -0.2) is 4.79 Å². The normalized spacial score (nSPS) is 9.30. The molecular formula is C7H7NO2+. The Morgan fingerprint density at radius 3 is 2.40 bits per heavy atom. The molecule has 0 saturated carbocycles. The van der Waals surface area contributed by atoms with Crippen LogP contribution in [0.5, 0.6) is 0 Å². The highest BCUT2D eigenvalue weighted by Gasteiger charge is 2.02. The summed E-state index contributed by atoms with van der Waals surface area (Å²) < 4.78 is 1.53. The number of carbonyl (C=O) groups is 1. The number of carboxylic acids is 1. The zero-order valence-corrected chi connectivity index (χ0v) is 5.32. The van der Waals surface area contributed by atoms with Gasteiger partial charge in [0.2, 0.25) is 7.05 Å². The molecule has 0 aromatic carbocycles. The number of aromatic nitrogens is 1. The van der Waals surface area contributed by atoms with Gasteiger partial charge in [0.05, 0.1) is 5.56 Å². The molecule has 1 aromatic heterocycles. The third-order valence-electron chi connectivity index (χ3n) is 1.14. The van der Waals surface area contributed by atoms with Gasteiger partial charge in [-0.05, 0) is 0 Å². The van der Waals surface area contributed by atoms with Gasteiger partial charge in [-0.1, -0.05) is 0 Å². The van der Waals surface area contributed by atoms with E-state index in [4.69, 9.17) is 5.11 Å². The van der Waals surface area contributed by atoms with Crippen LogP contribution >= 0.6 is 0 Å². The summed E-state index contributed by atoms with van der Waals surface area (Å²) >= 11 is 0. The second-order valence-corrected chi connectivity index (χ2v) is 1.91. The van der Waals surface area contributed by atoms with Crippen LogP contribution in [0.15, 0.2) is 24.5 Å². The monoisotopic (exact) mass is 137 g/mol. The van der Waals surface area contributed by atoms with Crippen molar-refractivity contribution in [1.82, 2.24) is 0 Å². The molecule has 1 heterocycles. The molecule has 3 heteroatoms. The maximum absolute atomic E-state index is 10.3. The van der Waals surface area contributed by atoms with Crippen molar-refractivity contribution < 1.29 is 14.5 Å². The predicted molar refractivity (Wildman–Crippen MR) is 34.4 cm³/mol. The van der Waals surface area contributed by atoms with Crippen LogP contribution in [0.2, 0.25) is 0 Å². The minimum Gasteiger partial charge on any atom is -0.478 e. The maximum atomic E-state index is 10.3. The Bertz CT molecular complexity index is 240. The van der Waals surface area contributed by atoms with Gasteiger partial charge < -0.3 is 5.11 Å². The fraction of sp³-hybridized carbons (Fsp3) is 0. The third-order valence-corrected chi connectivity index (χ3v) is 1.14. The maximum Gasteiger partial charge on any atom is 0.336 e. The van der Waals surface area contributed by atoms with E-state index in [-0.39, 0.29) is 5.56 Å². The van der Waals surface area contributed by atoms with E-state index in [1.54, 1.807) is 12.4 Å². The second kappa shape index (κ2) is 2.47. The van der Waals surface area contributed by atoms with Crippen LogP contribution in [-0.2, 0) is 0 Å². The van der Waals surface area contributed by atoms with E-state index in [1.165, 1.54) is 16.7 Å². The Kier molecular flexibility index (Phi) is 1.67. The lowest BCUT2D eigenvalue weighted by molar-refractivity contribution is -0.612. The van der Waals surface area contributed by atoms with Gasteiger partial charge in [0.25, 0.3) is 0 Å². The van der Waals surface area contributed by atoms with Crippen molar-refractivity contribution in [3.63, 3.8) is 0 Å². The summed E-state index contributed by atoms with van der Waals surface area (Å²) in [5.74, 6) is -0.916. The van der Waals surface area contributed by atoms with Gasteiger partial charge in [-0.15, -0.1) is 0 Å². The van der Waals surface area contributed by atoms with Gasteiger partial charge >= 0.3 is 5.97 Å². The average molecular weight is 137 g/mol. The van der Waals surface area contributed by atoms with Crippen LogP contribution in [0.3, 0.4) is 0 Å². The van der Waals surface area contributed by atoms with Crippen LogP contribution in [0, 0.1) is 7.05 Å². The molecule has 0 aliphatic rings. The Balaban J connectivity index is 3.00. The summed E-state index contributed by atoms with van der Waals surface area (Å²) in [6, 6.07) is 2.99. The van der Waals surface area contributed by atoms with E-state index in [2.05, 4.69) is 7.05 Å². The molecule has 0 aliphatic carbocycles. The van der Waals surface area contributed by atoms with Crippen molar-refractivity contribution in [2.75, 3.05) is 0 Å². The number of hydrogen-bond acceptors (Lipinski definition) is 1. The van der Waals surface area contributed by atoms with E-state index in [0.29, 0.717) is 0 Å². The van der Waals surface area contributed by atoms with E-state index in [1.807, 2.05) is 0 Å². The summed E-state index contributed by atoms with van der Waals surface area (Å²) in [7, 11) is 3.54. The zero-order chi connectivity index (χ0) is 7.56. The highest BCUT2D eigenvalue weighted by Crippen LogP contribution is 1.92. The molecule has 1 N–H and O–H groups in total. The largest absolute Gasteiger partial charge is 0.478 e. The number of carboxylic acid groups (broad SMARTS) is 1. The number of rotatable bonds is 1. The molecule has 0 unspecified atom stereocenters. The molecule has 0 atom stereocenters. The van der Waals surface area contributed by atoms with Crippen molar-refractivity contribution in [1.29, 1.82) is 0 Å². The van der Waals surface area contributed by atoms with Gasteiger partial charge in [0.1, 0.15) is 0 Å². The highest BCUT2D eigenvalue weighted by molar-refractivity contribution is 5.87. The lowest BCUT2D eigenvalue weighted by atomic mass is 10.3. The minimum atomic E-state index is -0.916. The standard InChI is InChI=1S/C7H7NO2/c1-8-4-2-6(3-5-8)7(9)10/h2-5H,1H2,(H,9,10)/q+1. The van der Waals surface area contributed by atoms with Gasteiger partial charge in [0, 0.05) is 12.1 Å². The molecule has 10 heavy (non-hydrogen) atoms. The average Bonchev–Trinajstić information content (AvgIpc) is 1.88. The van der Waals surface area contributed by atoms with Crippen molar-refractivity contribution in [2.24, 2.45) is 0 Å². The lowest BCUT2D eigenvalue weighted by Gasteiger charge is -1.88. The summed E-state index contributed by atoms with van der Waals surface area (Å²) in [5.41, 5.74) is 0.278. The van der Waals surface area contributed by atoms with Crippen molar-refractivity contribution in [3.8, 4) is 0 Å². The molecule has 0 bridgehead atoms. The topological polar surface area (TPSA) is 41.2 Å². The molecule has 1 rings (SSSR count). The molecule has 0 spiro atoms. The molecule has 0 saturated heterocycles. The van der Waals surface area contributed by atoms with E-state index < -0.39 is 5.97 Å². The Morgan fingerprint density at radius 2 is 2.00 bits per heavy atom. The fourth-order valence-corrected chi connectivity index (χ4v) is 0.600. The second-order valence-electron chi connectivity index (χ2n) is 1.91. The van der Waals surface area contributed by atoms with Crippen molar-refractivity contribution in [2.45, 2.75) is 0 Å². The molecule has 1 aromatic rings. The van der Waals surface area contributed by atoms with E-state index in [9.17, 15) is 4.79 Å². The van der Waals surface area contributed by atoms with Gasteiger partial charge in [-0.3, -0.25) is 0 Å². The number of pyridine rings is 1. The van der Waals surface area contributed by atoms with E-state index in [0.717, 1.165) is 0 Å². The smallest absolute Gasteiger partial charge is 0.336 e. The number of nitrogens with zero attached hydrogens (tertiary/aromatic N) is 1. The Morgan fingerprint density at radius 1 is 1.50 bits per heavy atom. The van der Waals surface area contributed by atoms with Crippen molar-refractivity contribution in [3.05, 3.63) is 37.1 Å². The highest BCUT2D eigenvalue weighted by atomic mass is 16.4. The Labute approximate surface area is 58.5 Å². The van der Waals surface area contributed by atoms with Crippen LogP contribution in [0.25, 0.3) is 0 Å². The first kappa shape index (κ1) is 6.74. The minimum absolute atomic E-state index is 0.278. The van der Waals surface area contributed by atoms with Gasteiger partial charge in [0.15, 0.2) is 12.4 Å². The molecule has 1 radical (unpaired) electrons. The lowest BCUT2D eigenvalue weighted by Crippen LogP contribution is -2.23. The molecule has 3 nitrogen and oxygen atoms in total. The Hall–Kier alpha value is -1.38. The SMILES string of the molecule is [CH2][n+]1ccc(C(=O)O)cc1. The fourth-order valence-electron chi connectivity index (χ4n) is 0.600. The quantitative estimate of drug-likeness (QED) is 0.566. The zero-order valence-electron chi connectivity index (χ0n) is 5.32. The number of hydrogen-bond donors (Lipinski definition) is 1.